The van der Waals surface area contributed by atoms with Crippen LogP contribution in [0.2, 0.25) is 5.02 Å². The van der Waals surface area contributed by atoms with Crippen LogP contribution in [0.15, 0.2) is 48.5 Å². The number of carbonyl (C=O) groups is 2. The van der Waals surface area contributed by atoms with Crippen molar-refractivity contribution in [2.45, 2.75) is 13.0 Å². The molecule has 0 fully saturated rings. The molecule has 30 heavy (non-hydrogen) atoms. The van der Waals surface area contributed by atoms with Gasteiger partial charge in [-0.25, -0.2) is 0 Å². The number of amides is 2. The van der Waals surface area contributed by atoms with Crippen LogP contribution in [0.4, 0.5) is 5.69 Å². The number of nitrogen functional groups attached to an aromatic ring is 1. The highest BCUT2D eigenvalue weighted by Gasteiger charge is 2.34. The number of halogens is 1. The molecule has 2 heterocycles. The van der Waals surface area contributed by atoms with Crippen LogP contribution in [-0.4, -0.2) is 28.1 Å². The van der Waals surface area contributed by atoms with E-state index >= 15 is 0 Å². The quantitative estimate of drug-likeness (QED) is 0.344. The number of aryl methyl sites for hydroxylation is 1. The zero-order valence-corrected chi connectivity index (χ0v) is 16.7. The molecule has 6 nitrogen and oxygen atoms in total. The summed E-state index contributed by atoms with van der Waals surface area (Å²) in [6.45, 7) is 0.591. The molecule has 5 rings (SSSR count). The zero-order valence-electron chi connectivity index (χ0n) is 15.9. The van der Waals surface area contributed by atoms with Crippen LogP contribution >= 0.6 is 11.6 Å². The zero-order chi connectivity index (χ0) is 21.0. The summed E-state index contributed by atoms with van der Waals surface area (Å²) >= 11 is 6.45. The average Bonchev–Trinajstić information content (AvgIpc) is 3.19. The number of nitrogens with zero attached hydrogens (tertiary/aromatic N) is 1. The van der Waals surface area contributed by atoms with Crippen molar-refractivity contribution >= 4 is 50.9 Å². The third kappa shape index (κ3) is 2.61. The molecule has 3 aromatic carbocycles. The second-order valence-corrected chi connectivity index (χ2v) is 7.74. The number of benzene rings is 3. The van der Waals surface area contributed by atoms with Crippen molar-refractivity contribution in [2.75, 3.05) is 12.3 Å². The fourth-order valence-corrected chi connectivity index (χ4v) is 4.56. The summed E-state index contributed by atoms with van der Waals surface area (Å²) in [5.41, 5.74) is 10.2. The maximum atomic E-state index is 12.9. The number of hydrogen-bond acceptors (Lipinski definition) is 4. The van der Waals surface area contributed by atoms with E-state index in [1.165, 1.54) is 0 Å². The maximum Gasteiger partial charge on any atom is 0.259 e. The molecule has 1 aromatic heterocycles. The smallest absolute Gasteiger partial charge is 0.259 e. The molecular formula is C23H18ClN3O3. The lowest BCUT2D eigenvalue weighted by Gasteiger charge is -2.12. The van der Waals surface area contributed by atoms with E-state index in [4.69, 9.17) is 17.3 Å². The largest absolute Gasteiger partial charge is 0.399 e. The fraction of sp³-hybridized carbons (Fsp3) is 0.130. The van der Waals surface area contributed by atoms with E-state index in [-0.39, 0.29) is 6.61 Å². The van der Waals surface area contributed by atoms with Gasteiger partial charge in [0, 0.05) is 45.7 Å². The van der Waals surface area contributed by atoms with Gasteiger partial charge in [0.1, 0.15) is 0 Å². The normalized spacial score (nSPS) is 13.3. The highest BCUT2D eigenvalue weighted by molar-refractivity contribution is 6.36. The van der Waals surface area contributed by atoms with Crippen LogP contribution in [0.5, 0.6) is 0 Å². The van der Waals surface area contributed by atoms with Gasteiger partial charge in [0.15, 0.2) is 0 Å². The summed E-state index contributed by atoms with van der Waals surface area (Å²) in [5, 5.41) is 13.8. The minimum atomic E-state index is -0.438. The summed E-state index contributed by atoms with van der Waals surface area (Å²) in [6.07, 6.45) is 0.549. The predicted molar refractivity (Wildman–Crippen MR) is 118 cm³/mol. The minimum Gasteiger partial charge on any atom is -0.399 e. The SMILES string of the molecule is Nc1ccc2c(c1)c1c3c(c(-c4ccccc4Cl)cc1n2CCCO)C(=O)NC3=O. The van der Waals surface area contributed by atoms with Crippen molar-refractivity contribution in [1.29, 1.82) is 0 Å². The number of rotatable bonds is 4. The number of carbonyl (C=O) groups excluding carboxylic acids is 2. The Morgan fingerprint density at radius 3 is 2.50 bits per heavy atom. The molecule has 0 saturated carbocycles. The van der Waals surface area contributed by atoms with Gasteiger partial charge in [-0.2, -0.15) is 0 Å². The van der Waals surface area contributed by atoms with E-state index in [1.54, 1.807) is 12.1 Å². The molecule has 1 aliphatic rings. The Labute approximate surface area is 176 Å². The van der Waals surface area contributed by atoms with Gasteiger partial charge in [-0.1, -0.05) is 29.8 Å². The molecule has 0 atom stereocenters. The molecular weight excluding hydrogens is 402 g/mol. The minimum absolute atomic E-state index is 0.0391. The number of aromatic nitrogens is 1. The molecule has 0 radical (unpaired) electrons. The lowest BCUT2D eigenvalue weighted by Crippen LogP contribution is -2.20. The Bertz CT molecular complexity index is 1370. The molecule has 0 aliphatic carbocycles. The van der Waals surface area contributed by atoms with Crippen LogP contribution in [-0.2, 0) is 6.54 Å². The van der Waals surface area contributed by atoms with Gasteiger partial charge in [0.2, 0.25) is 0 Å². The number of nitrogens with two attached hydrogens (primary N) is 1. The molecule has 150 valence electrons. The Kier molecular flexibility index (Phi) is 4.27. The first-order valence-corrected chi connectivity index (χ1v) is 9.99. The third-order valence-electron chi connectivity index (χ3n) is 5.56. The molecule has 1 aliphatic heterocycles. The van der Waals surface area contributed by atoms with Gasteiger partial charge in [-0.15, -0.1) is 0 Å². The number of aliphatic hydroxyl groups excluding tert-OH is 1. The van der Waals surface area contributed by atoms with Gasteiger partial charge in [-0.05, 0) is 42.3 Å². The van der Waals surface area contributed by atoms with Crippen molar-refractivity contribution in [1.82, 2.24) is 9.88 Å². The van der Waals surface area contributed by atoms with E-state index in [0.717, 1.165) is 16.4 Å². The lowest BCUT2D eigenvalue weighted by molar-refractivity contribution is 0.0880. The van der Waals surface area contributed by atoms with Gasteiger partial charge in [0.25, 0.3) is 11.8 Å². The van der Waals surface area contributed by atoms with E-state index in [1.807, 2.05) is 36.4 Å². The van der Waals surface area contributed by atoms with Crippen molar-refractivity contribution < 1.29 is 14.7 Å². The molecule has 0 spiro atoms. The highest BCUT2D eigenvalue weighted by Crippen LogP contribution is 2.42. The highest BCUT2D eigenvalue weighted by atomic mass is 35.5. The first-order valence-electron chi connectivity index (χ1n) is 9.61. The van der Waals surface area contributed by atoms with Crippen LogP contribution in [0.25, 0.3) is 32.9 Å². The van der Waals surface area contributed by atoms with Crippen molar-refractivity contribution in [3.05, 3.63) is 64.7 Å². The lowest BCUT2D eigenvalue weighted by atomic mass is 9.93. The van der Waals surface area contributed by atoms with E-state index in [9.17, 15) is 14.7 Å². The number of hydrogen-bond donors (Lipinski definition) is 3. The standard InChI is InChI=1S/C23H18ClN3O3/c24-16-5-2-1-4-13(16)14-11-18-19(21-20(14)22(29)26-23(21)30)15-10-12(25)6-7-17(15)27(18)8-3-9-28/h1-2,4-7,10-11,28H,3,8-9,25H2,(H,26,29,30). The number of nitrogens with one attached hydrogen (secondary N) is 1. The van der Waals surface area contributed by atoms with Gasteiger partial charge in [0.05, 0.1) is 16.6 Å². The van der Waals surface area contributed by atoms with Crippen LogP contribution < -0.4 is 11.1 Å². The number of aliphatic hydroxyl groups is 1. The Morgan fingerprint density at radius 1 is 0.967 bits per heavy atom. The van der Waals surface area contributed by atoms with Gasteiger partial charge >= 0.3 is 0 Å². The van der Waals surface area contributed by atoms with Crippen LogP contribution in [0.3, 0.4) is 0 Å². The molecule has 7 heteroatoms. The van der Waals surface area contributed by atoms with E-state index in [0.29, 0.717) is 51.3 Å². The average molecular weight is 420 g/mol. The molecule has 4 N–H and O–H groups in total. The molecule has 4 aromatic rings. The van der Waals surface area contributed by atoms with Gasteiger partial charge < -0.3 is 15.4 Å². The summed E-state index contributed by atoms with van der Waals surface area (Å²) in [5.74, 6) is -0.871. The second kappa shape index (κ2) is 6.86. The molecule has 2 amide bonds. The van der Waals surface area contributed by atoms with Crippen molar-refractivity contribution in [3.8, 4) is 11.1 Å². The molecule has 0 bridgehead atoms. The first kappa shape index (κ1) is 18.7. The number of fused-ring (bicyclic) bond motifs is 5. The summed E-state index contributed by atoms with van der Waals surface area (Å²) < 4.78 is 2.05. The number of anilines is 1. The topological polar surface area (TPSA) is 97.3 Å². The Morgan fingerprint density at radius 2 is 1.73 bits per heavy atom. The Balaban J connectivity index is 1.98. The van der Waals surface area contributed by atoms with Crippen molar-refractivity contribution in [2.24, 2.45) is 0 Å². The summed E-state index contributed by atoms with van der Waals surface area (Å²) in [4.78, 5) is 25.6. The van der Waals surface area contributed by atoms with E-state index < -0.39 is 11.8 Å². The monoisotopic (exact) mass is 419 g/mol. The maximum absolute atomic E-state index is 12.9. The third-order valence-corrected chi connectivity index (χ3v) is 5.89. The summed E-state index contributed by atoms with van der Waals surface area (Å²) in [6, 6.07) is 14.7. The van der Waals surface area contributed by atoms with E-state index in [2.05, 4.69) is 9.88 Å². The van der Waals surface area contributed by atoms with Crippen LogP contribution in [0.1, 0.15) is 27.1 Å². The van der Waals surface area contributed by atoms with Crippen LogP contribution in [0, 0.1) is 0 Å². The van der Waals surface area contributed by atoms with Crippen molar-refractivity contribution in [3.63, 3.8) is 0 Å². The second-order valence-electron chi connectivity index (χ2n) is 7.34. The fourth-order valence-electron chi connectivity index (χ4n) is 4.33. The summed E-state index contributed by atoms with van der Waals surface area (Å²) in [7, 11) is 0. The molecule has 0 saturated heterocycles. The first-order chi connectivity index (χ1) is 14.5. The number of imide groups is 1. The molecule has 0 unspecified atom stereocenters. The predicted octanol–water partition coefficient (Wildman–Crippen LogP) is 3.96. The van der Waals surface area contributed by atoms with Gasteiger partial charge in [-0.3, -0.25) is 14.9 Å². The Hall–Kier alpha value is -3.35.